The maximum atomic E-state index is 9.07. The fourth-order valence-corrected chi connectivity index (χ4v) is 2.96. The zero-order valence-electron chi connectivity index (χ0n) is 10.0. The van der Waals surface area contributed by atoms with E-state index in [0.717, 1.165) is 18.1 Å². The van der Waals surface area contributed by atoms with Gasteiger partial charge in [0.05, 0.1) is 11.8 Å². The summed E-state index contributed by atoms with van der Waals surface area (Å²) in [5.74, 6) is 0.560. The number of nitriles is 1. The number of likely N-dealkylation sites (tertiary alicyclic amines) is 1. The Morgan fingerprint density at radius 2 is 2.38 bits per heavy atom. The van der Waals surface area contributed by atoms with Gasteiger partial charge in [0.2, 0.25) is 0 Å². The Morgan fingerprint density at radius 1 is 1.62 bits per heavy atom. The predicted molar refractivity (Wildman–Crippen MR) is 65.6 cm³/mol. The summed E-state index contributed by atoms with van der Waals surface area (Å²) in [6, 6.07) is 2.31. The van der Waals surface area contributed by atoms with Crippen molar-refractivity contribution in [2.24, 2.45) is 0 Å². The first-order valence-corrected chi connectivity index (χ1v) is 6.46. The topological polar surface area (TPSA) is 39.9 Å². The van der Waals surface area contributed by atoms with Gasteiger partial charge in [-0.25, -0.2) is 4.98 Å². The molecule has 1 atom stereocenters. The third-order valence-electron chi connectivity index (χ3n) is 3.15. The highest BCUT2D eigenvalue weighted by Gasteiger charge is 2.27. The average Bonchev–Trinajstić information content (AvgIpc) is 2.85. The molecule has 1 aromatic rings. The predicted octanol–water partition coefficient (Wildman–Crippen LogP) is 2.36. The number of nitrogens with zero attached hydrogens (tertiary/aromatic N) is 3. The van der Waals surface area contributed by atoms with E-state index >= 15 is 0 Å². The van der Waals surface area contributed by atoms with Crippen molar-refractivity contribution in [3.63, 3.8) is 0 Å². The molecule has 1 aliphatic heterocycles. The molecule has 0 aliphatic carbocycles. The standard InChI is InChI=1S/C12H17N3S/c1-12(2,8-13)11-14-10(7-16-11)9-4-5-15(3)6-9/h7,9H,4-6H2,1-3H3. The summed E-state index contributed by atoms with van der Waals surface area (Å²) in [6.07, 6.45) is 1.19. The molecule has 0 N–H and O–H groups in total. The van der Waals surface area contributed by atoms with Gasteiger partial charge in [0.25, 0.3) is 0 Å². The van der Waals surface area contributed by atoms with Crippen LogP contribution in [0.2, 0.25) is 0 Å². The van der Waals surface area contributed by atoms with Crippen LogP contribution in [0.15, 0.2) is 5.38 Å². The van der Waals surface area contributed by atoms with Gasteiger partial charge in [-0.2, -0.15) is 5.26 Å². The maximum Gasteiger partial charge on any atom is 0.113 e. The Hall–Kier alpha value is -0.920. The van der Waals surface area contributed by atoms with Gasteiger partial charge in [0.15, 0.2) is 0 Å². The van der Waals surface area contributed by atoms with Crippen LogP contribution in [-0.4, -0.2) is 30.0 Å². The van der Waals surface area contributed by atoms with Crippen LogP contribution in [0.25, 0.3) is 0 Å². The number of aromatic nitrogens is 1. The zero-order valence-corrected chi connectivity index (χ0v) is 10.8. The van der Waals surface area contributed by atoms with Gasteiger partial charge in [-0.1, -0.05) is 0 Å². The molecule has 0 amide bonds. The highest BCUT2D eigenvalue weighted by atomic mass is 32.1. The number of rotatable bonds is 2. The SMILES string of the molecule is CN1CCC(c2csc(C(C)(C)C#N)n2)C1. The highest BCUT2D eigenvalue weighted by molar-refractivity contribution is 7.09. The minimum absolute atomic E-state index is 0.451. The highest BCUT2D eigenvalue weighted by Crippen LogP contribution is 2.31. The second kappa shape index (κ2) is 4.15. The molecule has 0 bridgehead atoms. The molecule has 0 spiro atoms. The van der Waals surface area contributed by atoms with Crippen molar-refractivity contribution in [2.45, 2.75) is 31.6 Å². The molecular formula is C12H17N3S. The Kier molecular flexibility index (Phi) is 3.00. The van der Waals surface area contributed by atoms with Crippen LogP contribution in [-0.2, 0) is 5.41 Å². The molecule has 0 saturated carbocycles. The number of likely N-dealkylation sites (N-methyl/N-ethyl adjacent to an activating group) is 1. The molecule has 16 heavy (non-hydrogen) atoms. The van der Waals surface area contributed by atoms with Crippen LogP contribution >= 0.6 is 11.3 Å². The summed E-state index contributed by atoms with van der Waals surface area (Å²) in [5.41, 5.74) is 0.723. The molecule has 0 radical (unpaired) electrons. The van der Waals surface area contributed by atoms with E-state index in [2.05, 4.69) is 28.4 Å². The maximum absolute atomic E-state index is 9.07. The van der Waals surface area contributed by atoms with Crippen molar-refractivity contribution < 1.29 is 0 Å². The van der Waals surface area contributed by atoms with Gasteiger partial charge in [-0.3, -0.25) is 0 Å². The minimum atomic E-state index is -0.451. The number of hydrogen-bond donors (Lipinski definition) is 0. The van der Waals surface area contributed by atoms with Gasteiger partial charge in [0.1, 0.15) is 10.4 Å². The normalized spacial score (nSPS) is 22.2. The molecule has 3 nitrogen and oxygen atoms in total. The molecule has 1 aromatic heterocycles. The Bertz CT molecular complexity index is 416. The molecule has 4 heteroatoms. The van der Waals surface area contributed by atoms with E-state index in [4.69, 9.17) is 5.26 Å². The Morgan fingerprint density at radius 3 is 2.94 bits per heavy atom. The summed E-state index contributed by atoms with van der Waals surface area (Å²) < 4.78 is 0. The molecule has 2 rings (SSSR count). The fourth-order valence-electron chi connectivity index (χ4n) is 1.98. The summed E-state index contributed by atoms with van der Waals surface area (Å²) in [7, 11) is 2.15. The minimum Gasteiger partial charge on any atom is -0.306 e. The molecule has 1 aliphatic rings. The van der Waals surface area contributed by atoms with Gasteiger partial charge in [-0.05, 0) is 33.9 Å². The average molecular weight is 235 g/mol. The third-order valence-corrected chi connectivity index (χ3v) is 4.33. The van der Waals surface area contributed by atoms with Crippen LogP contribution < -0.4 is 0 Å². The van der Waals surface area contributed by atoms with E-state index in [1.54, 1.807) is 11.3 Å². The molecule has 86 valence electrons. The van der Waals surface area contributed by atoms with Crippen molar-refractivity contribution in [1.82, 2.24) is 9.88 Å². The van der Waals surface area contributed by atoms with Crippen molar-refractivity contribution >= 4 is 11.3 Å². The summed E-state index contributed by atoms with van der Waals surface area (Å²) in [4.78, 5) is 6.97. The second-order valence-corrected chi connectivity index (χ2v) is 5.92. The van der Waals surface area contributed by atoms with Gasteiger partial charge in [0, 0.05) is 17.8 Å². The van der Waals surface area contributed by atoms with Gasteiger partial charge in [-0.15, -0.1) is 11.3 Å². The van der Waals surface area contributed by atoms with Crippen molar-refractivity contribution in [3.8, 4) is 6.07 Å². The first-order chi connectivity index (χ1) is 7.53. The molecule has 2 heterocycles. The Balaban J connectivity index is 2.18. The van der Waals surface area contributed by atoms with E-state index in [1.165, 1.54) is 12.1 Å². The summed E-state index contributed by atoms with van der Waals surface area (Å²) in [5, 5.41) is 12.1. The summed E-state index contributed by atoms with van der Waals surface area (Å²) in [6.45, 7) is 6.10. The van der Waals surface area contributed by atoms with E-state index in [9.17, 15) is 0 Å². The lowest BCUT2D eigenvalue weighted by Crippen LogP contribution is -2.15. The molecular weight excluding hydrogens is 218 g/mol. The van der Waals surface area contributed by atoms with Crippen LogP contribution in [0.1, 0.15) is 36.9 Å². The van der Waals surface area contributed by atoms with Gasteiger partial charge < -0.3 is 4.90 Å². The smallest absolute Gasteiger partial charge is 0.113 e. The van der Waals surface area contributed by atoms with Crippen LogP contribution in [0.4, 0.5) is 0 Å². The first-order valence-electron chi connectivity index (χ1n) is 5.58. The van der Waals surface area contributed by atoms with Crippen molar-refractivity contribution in [2.75, 3.05) is 20.1 Å². The van der Waals surface area contributed by atoms with Crippen LogP contribution in [0.3, 0.4) is 0 Å². The number of hydrogen-bond acceptors (Lipinski definition) is 4. The first kappa shape index (κ1) is 11.6. The molecule has 1 saturated heterocycles. The molecule has 1 unspecified atom stereocenters. The Labute approximate surface area is 101 Å². The van der Waals surface area contributed by atoms with E-state index in [1.807, 2.05) is 13.8 Å². The largest absolute Gasteiger partial charge is 0.306 e. The lowest BCUT2D eigenvalue weighted by Gasteiger charge is -2.11. The lowest BCUT2D eigenvalue weighted by molar-refractivity contribution is 0.411. The van der Waals surface area contributed by atoms with Gasteiger partial charge >= 0.3 is 0 Å². The van der Waals surface area contributed by atoms with Crippen LogP contribution in [0, 0.1) is 11.3 Å². The van der Waals surface area contributed by atoms with E-state index < -0.39 is 5.41 Å². The second-order valence-electron chi connectivity index (χ2n) is 5.06. The fraction of sp³-hybridized carbons (Fsp3) is 0.667. The van der Waals surface area contributed by atoms with Crippen molar-refractivity contribution in [3.05, 3.63) is 16.1 Å². The summed E-state index contributed by atoms with van der Waals surface area (Å²) >= 11 is 1.62. The van der Waals surface area contributed by atoms with Crippen molar-refractivity contribution in [1.29, 1.82) is 5.26 Å². The molecule has 0 aromatic carbocycles. The van der Waals surface area contributed by atoms with E-state index in [-0.39, 0.29) is 0 Å². The lowest BCUT2D eigenvalue weighted by atomic mass is 9.97. The monoisotopic (exact) mass is 235 g/mol. The number of thiazole rings is 1. The van der Waals surface area contributed by atoms with E-state index in [0.29, 0.717) is 5.92 Å². The van der Waals surface area contributed by atoms with Crippen LogP contribution in [0.5, 0.6) is 0 Å². The molecule has 1 fully saturated rings. The third kappa shape index (κ3) is 2.11. The quantitative estimate of drug-likeness (QED) is 0.790. The zero-order chi connectivity index (χ0) is 11.8.